The van der Waals surface area contributed by atoms with Crippen LogP contribution in [-0.2, 0) is 9.59 Å². The Labute approximate surface area is 140 Å². The molecule has 1 N–H and O–H groups in total. The van der Waals surface area contributed by atoms with Crippen LogP contribution in [0, 0.1) is 17.3 Å². The third-order valence-electron chi connectivity index (χ3n) is 5.97. The molecule has 0 aromatic heterocycles. The first-order valence-corrected chi connectivity index (χ1v) is 8.66. The van der Waals surface area contributed by atoms with Gasteiger partial charge in [0.25, 0.3) is 0 Å². The first-order valence-electron chi connectivity index (χ1n) is 8.28. The minimum absolute atomic E-state index is 0.0195. The first-order chi connectivity index (χ1) is 11.0. The molecule has 1 aliphatic heterocycles. The number of piperidine rings is 1. The number of carbonyl (C=O) groups is 2. The van der Waals surface area contributed by atoms with Crippen molar-refractivity contribution in [2.75, 3.05) is 13.1 Å². The number of hydrogen-bond acceptors (Lipinski definition) is 2. The predicted molar refractivity (Wildman–Crippen MR) is 86.3 cm³/mol. The molecule has 5 heteroatoms. The number of hydrogen-bond donors (Lipinski definition) is 1. The normalized spacial score (nSPS) is 31.0. The van der Waals surface area contributed by atoms with Crippen molar-refractivity contribution in [1.29, 1.82) is 0 Å². The largest absolute Gasteiger partial charge is 0.481 e. The van der Waals surface area contributed by atoms with Crippen LogP contribution in [0.5, 0.6) is 0 Å². The summed E-state index contributed by atoms with van der Waals surface area (Å²) in [7, 11) is 0. The number of carboxylic acids is 1. The fourth-order valence-corrected chi connectivity index (χ4v) is 4.52. The summed E-state index contributed by atoms with van der Waals surface area (Å²) in [6.07, 6.45) is 3.33. The monoisotopic (exact) mass is 333 g/mol. The van der Waals surface area contributed by atoms with E-state index in [2.05, 4.69) is 0 Å². The number of amides is 1. The Hall–Kier alpha value is -1.55. The van der Waals surface area contributed by atoms with Crippen LogP contribution in [0.1, 0.15) is 37.2 Å². The SMILES string of the molecule is O=C(O)C1CC12CCN(C(=O)C1CC1c1ccccc1Cl)CC2. The van der Waals surface area contributed by atoms with E-state index in [9.17, 15) is 9.59 Å². The summed E-state index contributed by atoms with van der Waals surface area (Å²) in [5.74, 6) is -0.335. The van der Waals surface area contributed by atoms with Crippen LogP contribution in [0.15, 0.2) is 24.3 Å². The van der Waals surface area contributed by atoms with Gasteiger partial charge >= 0.3 is 5.97 Å². The van der Waals surface area contributed by atoms with Crippen LogP contribution in [-0.4, -0.2) is 35.0 Å². The van der Waals surface area contributed by atoms with Gasteiger partial charge in [0, 0.05) is 24.0 Å². The summed E-state index contributed by atoms with van der Waals surface area (Å²) >= 11 is 6.23. The van der Waals surface area contributed by atoms with Crippen LogP contribution in [0.3, 0.4) is 0 Å². The third-order valence-corrected chi connectivity index (χ3v) is 6.32. The van der Waals surface area contributed by atoms with E-state index >= 15 is 0 Å². The Morgan fingerprint density at radius 3 is 2.52 bits per heavy atom. The van der Waals surface area contributed by atoms with Gasteiger partial charge in [-0.25, -0.2) is 0 Å². The maximum absolute atomic E-state index is 12.7. The summed E-state index contributed by atoms with van der Waals surface area (Å²) in [5.41, 5.74) is 1.06. The van der Waals surface area contributed by atoms with Gasteiger partial charge < -0.3 is 10.0 Å². The molecular formula is C18H20ClNO3. The minimum Gasteiger partial charge on any atom is -0.481 e. The quantitative estimate of drug-likeness (QED) is 0.924. The van der Waals surface area contributed by atoms with E-state index in [1.54, 1.807) is 0 Å². The zero-order chi connectivity index (χ0) is 16.2. The van der Waals surface area contributed by atoms with E-state index in [0.29, 0.717) is 13.1 Å². The lowest BCUT2D eigenvalue weighted by molar-refractivity contribution is -0.140. The Morgan fingerprint density at radius 1 is 1.22 bits per heavy atom. The fourth-order valence-electron chi connectivity index (χ4n) is 4.24. The summed E-state index contributed by atoms with van der Waals surface area (Å²) in [6.45, 7) is 1.41. The average molecular weight is 334 g/mol. The molecule has 3 fully saturated rings. The van der Waals surface area contributed by atoms with Gasteiger partial charge in [-0.15, -0.1) is 0 Å². The van der Waals surface area contributed by atoms with Gasteiger partial charge in [-0.05, 0) is 48.6 Å². The molecule has 1 heterocycles. The number of rotatable bonds is 3. The number of nitrogens with zero attached hydrogens (tertiary/aromatic N) is 1. The lowest BCUT2D eigenvalue weighted by Gasteiger charge is -2.33. The average Bonchev–Trinajstić information content (AvgIpc) is 3.43. The van der Waals surface area contributed by atoms with E-state index in [1.807, 2.05) is 29.2 Å². The van der Waals surface area contributed by atoms with Crippen LogP contribution >= 0.6 is 11.6 Å². The van der Waals surface area contributed by atoms with Crippen molar-refractivity contribution < 1.29 is 14.7 Å². The summed E-state index contributed by atoms with van der Waals surface area (Å²) in [6, 6.07) is 7.75. The molecule has 4 rings (SSSR count). The summed E-state index contributed by atoms with van der Waals surface area (Å²) < 4.78 is 0. The summed E-state index contributed by atoms with van der Waals surface area (Å²) in [5, 5.41) is 9.88. The van der Waals surface area contributed by atoms with Crippen LogP contribution < -0.4 is 0 Å². The maximum atomic E-state index is 12.7. The molecule has 122 valence electrons. The maximum Gasteiger partial charge on any atom is 0.307 e. The van der Waals surface area contributed by atoms with E-state index in [1.165, 1.54) is 0 Å². The molecule has 1 aromatic carbocycles. The molecule has 1 amide bonds. The number of benzene rings is 1. The van der Waals surface area contributed by atoms with Gasteiger partial charge in [-0.1, -0.05) is 29.8 Å². The van der Waals surface area contributed by atoms with Gasteiger partial charge in [0.2, 0.25) is 5.91 Å². The molecule has 1 aromatic rings. The highest BCUT2D eigenvalue weighted by Crippen LogP contribution is 2.60. The second-order valence-corrected chi connectivity index (χ2v) is 7.66. The molecule has 23 heavy (non-hydrogen) atoms. The molecule has 4 nitrogen and oxygen atoms in total. The second kappa shape index (κ2) is 5.23. The highest BCUT2D eigenvalue weighted by Gasteiger charge is 2.59. The van der Waals surface area contributed by atoms with Gasteiger partial charge in [-0.3, -0.25) is 9.59 Å². The van der Waals surface area contributed by atoms with E-state index < -0.39 is 5.97 Å². The number of carboxylic acid groups (broad SMARTS) is 1. The fraction of sp³-hybridized carbons (Fsp3) is 0.556. The molecule has 0 bridgehead atoms. The zero-order valence-electron chi connectivity index (χ0n) is 12.9. The number of aliphatic carboxylic acids is 1. The highest BCUT2D eigenvalue weighted by atomic mass is 35.5. The Bertz CT molecular complexity index is 666. The summed E-state index contributed by atoms with van der Waals surface area (Å²) in [4.78, 5) is 25.7. The molecule has 1 saturated heterocycles. The Morgan fingerprint density at radius 2 is 1.91 bits per heavy atom. The van der Waals surface area contributed by atoms with E-state index in [-0.39, 0.29) is 29.1 Å². The van der Waals surface area contributed by atoms with Crippen molar-refractivity contribution in [3.63, 3.8) is 0 Å². The van der Waals surface area contributed by atoms with Crippen LogP contribution in [0.25, 0.3) is 0 Å². The van der Waals surface area contributed by atoms with Crippen molar-refractivity contribution in [2.24, 2.45) is 17.3 Å². The van der Waals surface area contributed by atoms with Crippen LogP contribution in [0.2, 0.25) is 5.02 Å². The standard InChI is InChI=1S/C18H20ClNO3/c19-15-4-2-1-3-11(15)12-9-13(12)16(21)20-7-5-18(6-8-20)10-14(18)17(22)23/h1-4,12-14H,5-10H2,(H,22,23). The molecule has 0 radical (unpaired) electrons. The van der Waals surface area contributed by atoms with Gasteiger partial charge in [0.05, 0.1) is 5.92 Å². The molecule has 3 aliphatic rings. The van der Waals surface area contributed by atoms with Crippen molar-refractivity contribution >= 4 is 23.5 Å². The molecular weight excluding hydrogens is 314 g/mol. The van der Waals surface area contributed by atoms with Gasteiger partial charge in [0.15, 0.2) is 0 Å². The van der Waals surface area contributed by atoms with Gasteiger partial charge in [0.1, 0.15) is 0 Å². The Kier molecular flexibility index (Phi) is 3.41. The van der Waals surface area contributed by atoms with Crippen LogP contribution in [0.4, 0.5) is 0 Å². The molecule has 3 unspecified atom stereocenters. The zero-order valence-corrected chi connectivity index (χ0v) is 13.6. The predicted octanol–water partition coefficient (Wildman–Crippen LogP) is 3.16. The lowest BCUT2D eigenvalue weighted by atomic mass is 9.90. The molecule has 2 saturated carbocycles. The topological polar surface area (TPSA) is 57.6 Å². The van der Waals surface area contributed by atoms with Gasteiger partial charge in [-0.2, -0.15) is 0 Å². The van der Waals surface area contributed by atoms with Crippen molar-refractivity contribution in [3.8, 4) is 0 Å². The lowest BCUT2D eigenvalue weighted by Crippen LogP contribution is -2.41. The minimum atomic E-state index is -0.675. The van der Waals surface area contributed by atoms with E-state index in [4.69, 9.17) is 16.7 Å². The molecule has 3 atom stereocenters. The van der Waals surface area contributed by atoms with Crippen molar-refractivity contribution in [3.05, 3.63) is 34.9 Å². The number of halogens is 1. The highest BCUT2D eigenvalue weighted by molar-refractivity contribution is 6.31. The second-order valence-electron chi connectivity index (χ2n) is 7.25. The number of carbonyl (C=O) groups excluding carboxylic acids is 1. The Balaban J connectivity index is 1.36. The smallest absolute Gasteiger partial charge is 0.307 e. The molecule has 1 spiro atoms. The van der Waals surface area contributed by atoms with E-state index in [0.717, 1.165) is 36.3 Å². The number of likely N-dealkylation sites (tertiary alicyclic amines) is 1. The third kappa shape index (κ3) is 2.53. The first kappa shape index (κ1) is 15.0. The molecule has 2 aliphatic carbocycles. The van der Waals surface area contributed by atoms with Crippen molar-refractivity contribution in [1.82, 2.24) is 4.90 Å². The van der Waals surface area contributed by atoms with Crippen molar-refractivity contribution in [2.45, 2.75) is 31.6 Å².